The lowest BCUT2D eigenvalue weighted by Crippen LogP contribution is -2.30. The molecule has 100 valence electrons. The van der Waals surface area contributed by atoms with Gasteiger partial charge in [-0.2, -0.15) is 0 Å². The van der Waals surface area contributed by atoms with E-state index >= 15 is 0 Å². The van der Waals surface area contributed by atoms with E-state index in [4.69, 9.17) is 4.74 Å². The fourth-order valence-electron chi connectivity index (χ4n) is 2.65. The molecule has 0 spiro atoms. The van der Waals surface area contributed by atoms with Crippen LogP contribution < -0.4 is 10.1 Å². The lowest BCUT2D eigenvalue weighted by atomic mass is 9.98. The van der Waals surface area contributed by atoms with Crippen LogP contribution in [-0.4, -0.2) is 19.7 Å². The molecule has 0 aromatic heterocycles. The van der Waals surface area contributed by atoms with E-state index in [9.17, 15) is 0 Å². The highest BCUT2D eigenvalue weighted by Crippen LogP contribution is 2.24. The molecule has 2 heteroatoms. The third-order valence-corrected chi connectivity index (χ3v) is 3.81. The van der Waals surface area contributed by atoms with Gasteiger partial charge in [0.1, 0.15) is 5.75 Å². The zero-order chi connectivity index (χ0) is 13.0. The molecule has 0 unspecified atom stereocenters. The molecule has 1 heterocycles. The smallest absolute Gasteiger partial charge is 0.119 e. The Morgan fingerprint density at radius 1 is 1.28 bits per heavy atom. The summed E-state index contributed by atoms with van der Waals surface area (Å²) < 4.78 is 5.93. The van der Waals surface area contributed by atoms with E-state index in [1.54, 1.807) is 0 Å². The monoisotopic (exact) mass is 247 g/mol. The molecule has 1 saturated heterocycles. The van der Waals surface area contributed by atoms with Crippen LogP contribution in [0, 0.1) is 12.8 Å². The van der Waals surface area contributed by atoms with Gasteiger partial charge < -0.3 is 10.1 Å². The van der Waals surface area contributed by atoms with Crippen molar-refractivity contribution >= 4 is 0 Å². The second kappa shape index (κ2) is 6.24. The van der Waals surface area contributed by atoms with Crippen LogP contribution in [-0.2, 0) is 0 Å². The van der Waals surface area contributed by atoms with Gasteiger partial charge in [-0.05, 0) is 68.0 Å². The van der Waals surface area contributed by atoms with Crippen LogP contribution in [0.3, 0.4) is 0 Å². The Kier molecular flexibility index (Phi) is 4.65. The lowest BCUT2D eigenvalue weighted by Gasteiger charge is -2.23. The third kappa shape index (κ3) is 3.49. The van der Waals surface area contributed by atoms with E-state index in [0.29, 0.717) is 5.92 Å². The van der Waals surface area contributed by atoms with Crippen molar-refractivity contribution in [2.75, 3.05) is 19.7 Å². The lowest BCUT2D eigenvalue weighted by molar-refractivity contribution is 0.215. The molecule has 1 fully saturated rings. The van der Waals surface area contributed by atoms with Gasteiger partial charge in [-0.1, -0.05) is 19.9 Å². The van der Waals surface area contributed by atoms with Gasteiger partial charge in [-0.15, -0.1) is 0 Å². The van der Waals surface area contributed by atoms with Gasteiger partial charge in [0.15, 0.2) is 0 Å². The van der Waals surface area contributed by atoms with Gasteiger partial charge in [0.05, 0.1) is 6.61 Å². The Labute approximate surface area is 111 Å². The van der Waals surface area contributed by atoms with Gasteiger partial charge in [0, 0.05) is 0 Å². The number of piperidine rings is 1. The van der Waals surface area contributed by atoms with Crippen molar-refractivity contribution in [3.05, 3.63) is 29.3 Å². The van der Waals surface area contributed by atoms with Crippen molar-refractivity contribution in [3.63, 3.8) is 0 Å². The van der Waals surface area contributed by atoms with Crippen molar-refractivity contribution < 1.29 is 4.74 Å². The Morgan fingerprint density at radius 2 is 2.00 bits per heavy atom. The van der Waals surface area contributed by atoms with Gasteiger partial charge in [-0.25, -0.2) is 0 Å². The van der Waals surface area contributed by atoms with Crippen molar-refractivity contribution in [1.82, 2.24) is 5.32 Å². The largest absolute Gasteiger partial charge is 0.493 e. The summed E-state index contributed by atoms with van der Waals surface area (Å²) in [5.41, 5.74) is 2.76. The zero-order valence-electron chi connectivity index (χ0n) is 11.8. The summed E-state index contributed by atoms with van der Waals surface area (Å²) in [4.78, 5) is 0. The molecule has 0 radical (unpaired) electrons. The molecule has 0 amide bonds. The molecular weight excluding hydrogens is 222 g/mol. The van der Waals surface area contributed by atoms with Crippen LogP contribution in [0.25, 0.3) is 0 Å². The van der Waals surface area contributed by atoms with Crippen LogP contribution in [0.2, 0.25) is 0 Å². The number of aryl methyl sites for hydroxylation is 1. The van der Waals surface area contributed by atoms with Gasteiger partial charge in [0.25, 0.3) is 0 Å². The van der Waals surface area contributed by atoms with Crippen molar-refractivity contribution in [3.8, 4) is 5.75 Å². The normalized spacial score (nSPS) is 17.1. The van der Waals surface area contributed by atoms with Crippen LogP contribution in [0.5, 0.6) is 5.75 Å². The van der Waals surface area contributed by atoms with Crippen LogP contribution >= 0.6 is 0 Å². The number of hydrogen-bond donors (Lipinski definition) is 1. The topological polar surface area (TPSA) is 21.3 Å². The molecule has 18 heavy (non-hydrogen) atoms. The first kappa shape index (κ1) is 13.4. The Hall–Kier alpha value is -1.02. The quantitative estimate of drug-likeness (QED) is 0.879. The fraction of sp³-hybridized carbons (Fsp3) is 0.625. The molecule has 0 saturated carbocycles. The summed E-state index contributed by atoms with van der Waals surface area (Å²) in [5.74, 6) is 2.33. The van der Waals surface area contributed by atoms with Crippen LogP contribution in [0.1, 0.15) is 43.7 Å². The summed E-state index contributed by atoms with van der Waals surface area (Å²) >= 11 is 0. The molecule has 1 N–H and O–H groups in total. The molecular formula is C16H25NO. The highest BCUT2D eigenvalue weighted by molar-refractivity contribution is 5.36. The molecule has 1 aromatic carbocycles. The average molecular weight is 247 g/mol. The number of nitrogens with one attached hydrogen (secondary N) is 1. The number of hydrogen-bond acceptors (Lipinski definition) is 2. The van der Waals surface area contributed by atoms with E-state index in [1.807, 2.05) is 0 Å². The third-order valence-electron chi connectivity index (χ3n) is 3.81. The fourth-order valence-corrected chi connectivity index (χ4v) is 2.65. The van der Waals surface area contributed by atoms with E-state index < -0.39 is 0 Å². The van der Waals surface area contributed by atoms with Crippen LogP contribution in [0.15, 0.2) is 18.2 Å². The Bertz CT molecular complexity index is 381. The van der Waals surface area contributed by atoms with Crippen molar-refractivity contribution in [2.45, 2.75) is 39.5 Å². The minimum atomic E-state index is 0.587. The highest BCUT2D eigenvalue weighted by atomic mass is 16.5. The molecule has 1 aliphatic rings. The van der Waals surface area contributed by atoms with Crippen molar-refractivity contribution in [1.29, 1.82) is 0 Å². The van der Waals surface area contributed by atoms with Gasteiger partial charge in [0.2, 0.25) is 0 Å². The summed E-state index contributed by atoms with van der Waals surface area (Å²) in [7, 11) is 0. The minimum absolute atomic E-state index is 0.587. The summed E-state index contributed by atoms with van der Waals surface area (Å²) in [6.07, 6.45) is 2.48. The Morgan fingerprint density at radius 3 is 2.61 bits per heavy atom. The maximum Gasteiger partial charge on any atom is 0.119 e. The van der Waals surface area contributed by atoms with Crippen molar-refractivity contribution in [2.24, 2.45) is 5.92 Å². The summed E-state index contributed by atoms with van der Waals surface area (Å²) in [6.45, 7) is 9.78. The molecule has 1 aromatic rings. The molecule has 1 aliphatic heterocycles. The molecule has 2 rings (SSSR count). The standard InChI is InChI=1S/C16H25NO/c1-12(2)16-5-4-15(10-13(16)3)18-11-14-6-8-17-9-7-14/h4-5,10,12,14,17H,6-9,11H2,1-3H3. The van der Waals surface area contributed by atoms with E-state index in [0.717, 1.165) is 31.4 Å². The van der Waals surface area contributed by atoms with E-state index in [2.05, 4.69) is 44.3 Å². The maximum atomic E-state index is 5.93. The minimum Gasteiger partial charge on any atom is -0.493 e. The van der Waals surface area contributed by atoms with Gasteiger partial charge >= 0.3 is 0 Å². The molecule has 0 bridgehead atoms. The predicted octanol–water partition coefficient (Wildman–Crippen LogP) is 3.50. The summed E-state index contributed by atoms with van der Waals surface area (Å²) in [6, 6.07) is 6.50. The number of rotatable bonds is 4. The molecule has 2 nitrogen and oxygen atoms in total. The van der Waals surface area contributed by atoms with E-state index in [1.165, 1.54) is 24.0 Å². The first-order valence-electron chi connectivity index (χ1n) is 7.11. The molecule has 0 aliphatic carbocycles. The number of benzene rings is 1. The maximum absolute atomic E-state index is 5.93. The zero-order valence-corrected chi connectivity index (χ0v) is 11.8. The summed E-state index contributed by atoms with van der Waals surface area (Å²) in [5, 5.41) is 3.39. The van der Waals surface area contributed by atoms with Gasteiger partial charge in [-0.3, -0.25) is 0 Å². The first-order chi connectivity index (χ1) is 8.66. The number of ether oxygens (including phenoxy) is 1. The predicted molar refractivity (Wildman–Crippen MR) is 76.4 cm³/mol. The molecule has 0 atom stereocenters. The second-order valence-electron chi connectivity index (χ2n) is 5.68. The highest BCUT2D eigenvalue weighted by Gasteiger charge is 2.13. The first-order valence-corrected chi connectivity index (χ1v) is 7.11. The SMILES string of the molecule is Cc1cc(OCC2CCNCC2)ccc1C(C)C. The van der Waals surface area contributed by atoms with E-state index in [-0.39, 0.29) is 0 Å². The Balaban J connectivity index is 1.91. The van der Waals surface area contributed by atoms with Crippen LogP contribution in [0.4, 0.5) is 0 Å². The average Bonchev–Trinajstić information content (AvgIpc) is 2.37. The second-order valence-corrected chi connectivity index (χ2v) is 5.68.